The fraction of sp³-hybridized carbons (Fsp3) is 0.333. The minimum absolute atomic E-state index is 0.221. The molecule has 0 saturated heterocycles. The van der Waals surface area contributed by atoms with Gasteiger partial charge in [-0.3, -0.25) is 0 Å². The van der Waals surface area contributed by atoms with Gasteiger partial charge in [-0.15, -0.1) is 5.10 Å². The minimum atomic E-state index is -0.408. The van der Waals surface area contributed by atoms with E-state index in [4.69, 9.17) is 17.3 Å². The van der Waals surface area contributed by atoms with E-state index in [2.05, 4.69) is 10.3 Å². The lowest BCUT2D eigenvalue weighted by molar-refractivity contribution is 0.502. The van der Waals surface area contributed by atoms with Gasteiger partial charge in [0.1, 0.15) is 17.2 Å². The number of nitrogens with two attached hydrogens (primary N) is 1. The fourth-order valence-corrected chi connectivity index (χ4v) is 1.72. The summed E-state index contributed by atoms with van der Waals surface area (Å²) in [6, 6.07) is 4.05. The van der Waals surface area contributed by atoms with Crippen molar-refractivity contribution >= 4 is 11.6 Å². The molecule has 0 bridgehead atoms. The van der Waals surface area contributed by atoms with Crippen LogP contribution in [0.15, 0.2) is 24.4 Å². The van der Waals surface area contributed by atoms with E-state index < -0.39 is 5.82 Å². The molecule has 0 amide bonds. The second kappa shape index (κ2) is 5.04. The maximum atomic E-state index is 13.6. The molecule has 0 aliphatic rings. The van der Waals surface area contributed by atoms with E-state index in [0.29, 0.717) is 10.7 Å². The molecule has 0 aliphatic carbocycles. The summed E-state index contributed by atoms with van der Waals surface area (Å²) in [6.45, 7) is 3.98. The van der Waals surface area contributed by atoms with Gasteiger partial charge in [-0.05, 0) is 24.1 Å². The molecule has 4 nitrogen and oxygen atoms in total. The van der Waals surface area contributed by atoms with Crippen LogP contribution in [-0.4, -0.2) is 15.0 Å². The SMILES string of the molecule is CC(C)C(N)c1cn(-c2cc(Cl)ccc2F)nn1. The second-order valence-electron chi connectivity index (χ2n) is 4.45. The van der Waals surface area contributed by atoms with Gasteiger partial charge in [0.25, 0.3) is 0 Å². The van der Waals surface area contributed by atoms with Crippen molar-refractivity contribution in [1.29, 1.82) is 0 Å². The van der Waals surface area contributed by atoms with Crippen LogP contribution in [0, 0.1) is 11.7 Å². The van der Waals surface area contributed by atoms with Gasteiger partial charge in [0.2, 0.25) is 0 Å². The van der Waals surface area contributed by atoms with Crippen molar-refractivity contribution in [3.63, 3.8) is 0 Å². The second-order valence-corrected chi connectivity index (χ2v) is 4.89. The van der Waals surface area contributed by atoms with Crippen LogP contribution in [-0.2, 0) is 0 Å². The van der Waals surface area contributed by atoms with Gasteiger partial charge < -0.3 is 5.73 Å². The average molecular weight is 269 g/mol. The van der Waals surface area contributed by atoms with E-state index >= 15 is 0 Å². The topological polar surface area (TPSA) is 56.7 Å². The summed E-state index contributed by atoms with van der Waals surface area (Å²) in [5.74, 6) is -0.173. The molecule has 96 valence electrons. The Balaban J connectivity index is 2.38. The van der Waals surface area contributed by atoms with Crippen molar-refractivity contribution in [3.05, 3.63) is 40.9 Å². The molecule has 0 radical (unpaired) electrons. The van der Waals surface area contributed by atoms with E-state index in [0.717, 1.165) is 0 Å². The number of benzene rings is 1. The highest BCUT2D eigenvalue weighted by molar-refractivity contribution is 6.30. The molecule has 1 aromatic heterocycles. The summed E-state index contributed by atoms with van der Waals surface area (Å²) in [7, 11) is 0. The third kappa shape index (κ3) is 2.52. The lowest BCUT2D eigenvalue weighted by atomic mass is 10.0. The molecular weight excluding hydrogens is 255 g/mol. The summed E-state index contributed by atoms with van der Waals surface area (Å²) in [6.07, 6.45) is 1.62. The summed E-state index contributed by atoms with van der Waals surface area (Å²) < 4.78 is 15.0. The Morgan fingerprint density at radius 3 is 2.78 bits per heavy atom. The number of nitrogens with zero attached hydrogens (tertiary/aromatic N) is 3. The number of hydrogen-bond donors (Lipinski definition) is 1. The number of rotatable bonds is 3. The van der Waals surface area contributed by atoms with E-state index in [9.17, 15) is 4.39 Å². The van der Waals surface area contributed by atoms with E-state index in [1.54, 1.807) is 6.20 Å². The van der Waals surface area contributed by atoms with E-state index in [1.165, 1.54) is 22.9 Å². The zero-order valence-corrected chi connectivity index (χ0v) is 10.9. The van der Waals surface area contributed by atoms with Crippen LogP contribution in [0.3, 0.4) is 0 Å². The van der Waals surface area contributed by atoms with Gasteiger partial charge in [-0.25, -0.2) is 9.07 Å². The Morgan fingerprint density at radius 1 is 1.39 bits per heavy atom. The summed E-state index contributed by atoms with van der Waals surface area (Å²) in [5.41, 5.74) is 6.85. The smallest absolute Gasteiger partial charge is 0.149 e. The highest BCUT2D eigenvalue weighted by Crippen LogP contribution is 2.21. The number of hydrogen-bond acceptors (Lipinski definition) is 3. The van der Waals surface area contributed by atoms with Gasteiger partial charge in [0.05, 0.1) is 12.2 Å². The molecule has 18 heavy (non-hydrogen) atoms. The monoisotopic (exact) mass is 268 g/mol. The van der Waals surface area contributed by atoms with Crippen LogP contribution < -0.4 is 5.73 Å². The Labute approximate surface area is 110 Å². The first kappa shape index (κ1) is 13.0. The first-order valence-corrected chi connectivity index (χ1v) is 6.00. The molecule has 0 fully saturated rings. The van der Waals surface area contributed by atoms with Crippen molar-refractivity contribution < 1.29 is 4.39 Å². The zero-order valence-electron chi connectivity index (χ0n) is 10.1. The van der Waals surface area contributed by atoms with E-state index in [1.807, 2.05) is 13.8 Å². The molecule has 0 saturated carbocycles. The summed E-state index contributed by atoms with van der Waals surface area (Å²) in [5, 5.41) is 8.28. The average Bonchev–Trinajstić information content (AvgIpc) is 2.80. The lowest BCUT2D eigenvalue weighted by Gasteiger charge is -2.11. The maximum Gasteiger partial charge on any atom is 0.149 e. The van der Waals surface area contributed by atoms with Crippen LogP contribution in [0.4, 0.5) is 4.39 Å². The van der Waals surface area contributed by atoms with Gasteiger partial charge in [-0.2, -0.15) is 0 Å². The molecule has 2 rings (SSSR count). The van der Waals surface area contributed by atoms with Crippen molar-refractivity contribution in [2.24, 2.45) is 11.7 Å². The minimum Gasteiger partial charge on any atom is -0.322 e. The van der Waals surface area contributed by atoms with Gasteiger partial charge in [0.15, 0.2) is 0 Å². The zero-order chi connectivity index (χ0) is 13.3. The number of aromatic nitrogens is 3. The molecule has 1 atom stereocenters. The molecule has 1 unspecified atom stereocenters. The maximum absolute atomic E-state index is 13.6. The van der Waals surface area contributed by atoms with Crippen molar-refractivity contribution in [1.82, 2.24) is 15.0 Å². The molecule has 2 N–H and O–H groups in total. The highest BCUT2D eigenvalue weighted by Gasteiger charge is 2.16. The predicted octanol–water partition coefficient (Wildman–Crippen LogP) is 2.72. The normalized spacial score (nSPS) is 13.0. The molecule has 2 aromatic rings. The standard InChI is InChI=1S/C12H14ClFN4/c1-7(2)12(15)10-6-18(17-16-10)11-5-8(13)3-4-9(11)14/h3-7,12H,15H2,1-2H3. The first-order valence-electron chi connectivity index (χ1n) is 5.62. The van der Waals surface area contributed by atoms with Gasteiger partial charge >= 0.3 is 0 Å². The summed E-state index contributed by atoms with van der Waals surface area (Å²) in [4.78, 5) is 0. The Bertz CT molecular complexity index is 553. The Morgan fingerprint density at radius 2 is 2.11 bits per heavy atom. The molecule has 1 heterocycles. The van der Waals surface area contributed by atoms with Crippen molar-refractivity contribution in [2.45, 2.75) is 19.9 Å². The van der Waals surface area contributed by atoms with E-state index in [-0.39, 0.29) is 17.6 Å². The predicted molar refractivity (Wildman–Crippen MR) is 68.1 cm³/mol. The summed E-state index contributed by atoms with van der Waals surface area (Å²) >= 11 is 5.83. The molecule has 0 spiro atoms. The molecule has 0 aliphatic heterocycles. The van der Waals surface area contributed by atoms with Crippen LogP contribution in [0.25, 0.3) is 5.69 Å². The van der Waals surface area contributed by atoms with Gasteiger partial charge in [-0.1, -0.05) is 30.7 Å². The molecule has 6 heteroatoms. The van der Waals surface area contributed by atoms with Crippen molar-refractivity contribution in [2.75, 3.05) is 0 Å². The molecule has 1 aromatic carbocycles. The third-order valence-corrected chi connectivity index (χ3v) is 2.96. The number of halogens is 2. The van der Waals surface area contributed by atoms with Crippen LogP contribution in [0.2, 0.25) is 5.02 Å². The van der Waals surface area contributed by atoms with Crippen LogP contribution >= 0.6 is 11.6 Å². The fourth-order valence-electron chi connectivity index (χ4n) is 1.55. The molecular formula is C12H14ClFN4. The quantitative estimate of drug-likeness (QED) is 0.931. The first-order chi connectivity index (χ1) is 8.49. The van der Waals surface area contributed by atoms with Gasteiger partial charge in [0, 0.05) is 5.02 Å². The lowest BCUT2D eigenvalue weighted by Crippen LogP contribution is -2.17. The third-order valence-electron chi connectivity index (χ3n) is 2.73. The van der Waals surface area contributed by atoms with Crippen molar-refractivity contribution in [3.8, 4) is 5.69 Å². The highest BCUT2D eigenvalue weighted by atomic mass is 35.5. The Hall–Kier alpha value is -1.46. The van der Waals surface area contributed by atoms with Crippen LogP contribution in [0.5, 0.6) is 0 Å². The largest absolute Gasteiger partial charge is 0.322 e. The Kier molecular flexibility index (Phi) is 3.63. The van der Waals surface area contributed by atoms with Crippen LogP contribution in [0.1, 0.15) is 25.6 Å².